The molecule has 0 heterocycles. The van der Waals surface area contributed by atoms with Gasteiger partial charge >= 0.3 is 0 Å². The molecule has 20 heavy (non-hydrogen) atoms. The van der Waals surface area contributed by atoms with Crippen molar-refractivity contribution >= 4 is 29.9 Å². The lowest BCUT2D eigenvalue weighted by atomic mass is 10.1. The van der Waals surface area contributed by atoms with Gasteiger partial charge < -0.3 is 15.4 Å². The molecular weight excluding hydrogens is 365 g/mol. The van der Waals surface area contributed by atoms with Crippen LogP contribution in [0.3, 0.4) is 0 Å². The van der Waals surface area contributed by atoms with Gasteiger partial charge in [0.05, 0.1) is 7.11 Å². The Hall–Kier alpha value is -0.980. The molecule has 114 valence electrons. The molecule has 0 unspecified atom stereocenters. The molecule has 0 saturated carbocycles. The predicted octanol–water partition coefficient (Wildman–Crippen LogP) is 2.82. The minimum atomic E-state index is 0. The molecule has 1 rings (SSSR count). The highest BCUT2D eigenvalue weighted by atomic mass is 127. The Balaban J connectivity index is 0.00000361. The number of methoxy groups -OCH3 is 1. The Kier molecular flexibility index (Phi) is 11.2. The van der Waals surface area contributed by atoms with Crippen LogP contribution in [0.15, 0.2) is 29.3 Å². The maximum Gasteiger partial charge on any atom is 0.190 e. The first-order chi connectivity index (χ1) is 9.30. The Bertz CT molecular complexity index is 396. The van der Waals surface area contributed by atoms with E-state index < -0.39 is 0 Å². The van der Waals surface area contributed by atoms with Crippen molar-refractivity contribution in [1.29, 1.82) is 0 Å². The van der Waals surface area contributed by atoms with Gasteiger partial charge in [-0.1, -0.05) is 19.1 Å². The van der Waals surface area contributed by atoms with E-state index in [0.29, 0.717) is 0 Å². The second kappa shape index (κ2) is 11.8. The third kappa shape index (κ3) is 7.57. The summed E-state index contributed by atoms with van der Waals surface area (Å²) < 4.78 is 5.22. The standard InChI is InChI=1S/C15H25N3O.HI/c1-4-10-17-15(16-2)18-11-6-8-13-7-5-9-14(12-13)19-3;/h5,7,9,12H,4,6,8,10-11H2,1-3H3,(H2,16,17,18);1H. The summed E-state index contributed by atoms with van der Waals surface area (Å²) in [6.45, 7) is 4.01. The molecule has 0 radical (unpaired) electrons. The SMILES string of the molecule is CCCNC(=NC)NCCCc1cccc(OC)c1.I. The molecule has 2 N–H and O–H groups in total. The lowest BCUT2D eigenvalue weighted by molar-refractivity contribution is 0.414. The first kappa shape index (κ1) is 19.0. The van der Waals surface area contributed by atoms with Gasteiger partial charge in [-0.3, -0.25) is 4.99 Å². The number of nitrogens with zero attached hydrogens (tertiary/aromatic N) is 1. The number of halogens is 1. The van der Waals surface area contributed by atoms with E-state index in [1.807, 2.05) is 12.1 Å². The monoisotopic (exact) mass is 391 g/mol. The Morgan fingerprint density at radius 1 is 1.25 bits per heavy atom. The summed E-state index contributed by atoms with van der Waals surface area (Å²) in [4.78, 5) is 4.17. The fourth-order valence-corrected chi connectivity index (χ4v) is 1.79. The van der Waals surface area contributed by atoms with E-state index in [9.17, 15) is 0 Å². The number of benzene rings is 1. The van der Waals surface area contributed by atoms with Crippen molar-refractivity contribution in [3.63, 3.8) is 0 Å². The third-order valence-corrected chi connectivity index (χ3v) is 2.83. The zero-order chi connectivity index (χ0) is 13.9. The van der Waals surface area contributed by atoms with Crippen molar-refractivity contribution in [1.82, 2.24) is 10.6 Å². The third-order valence-electron chi connectivity index (χ3n) is 2.83. The van der Waals surface area contributed by atoms with E-state index in [-0.39, 0.29) is 24.0 Å². The largest absolute Gasteiger partial charge is 0.497 e. The van der Waals surface area contributed by atoms with E-state index in [0.717, 1.165) is 44.1 Å². The Labute approximate surface area is 139 Å². The van der Waals surface area contributed by atoms with Crippen LogP contribution in [-0.2, 0) is 6.42 Å². The number of hydrogen-bond donors (Lipinski definition) is 2. The van der Waals surface area contributed by atoms with Crippen LogP contribution in [0.4, 0.5) is 0 Å². The Morgan fingerprint density at radius 3 is 2.65 bits per heavy atom. The van der Waals surface area contributed by atoms with Crippen LogP contribution in [0.2, 0.25) is 0 Å². The van der Waals surface area contributed by atoms with Crippen LogP contribution >= 0.6 is 24.0 Å². The molecule has 0 aliphatic heterocycles. The highest BCUT2D eigenvalue weighted by Gasteiger charge is 1.98. The van der Waals surface area contributed by atoms with Crippen LogP contribution in [0.5, 0.6) is 5.75 Å². The summed E-state index contributed by atoms with van der Waals surface area (Å²) in [5, 5.41) is 6.57. The molecule has 0 saturated heterocycles. The first-order valence-corrected chi connectivity index (χ1v) is 6.87. The molecule has 0 bridgehead atoms. The number of aliphatic imine (C=N–C) groups is 1. The normalized spacial score (nSPS) is 10.7. The number of aryl methyl sites for hydroxylation is 1. The van der Waals surface area contributed by atoms with Gasteiger partial charge in [0, 0.05) is 20.1 Å². The van der Waals surface area contributed by atoms with Gasteiger partial charge in [-0.2, -0.15) is 0 Å². The van der Waals surface area contributed by atoms with Gasteiger partial charge in [0.2, 0.25) is 0 Å². The lowest BCUT2D eigenvalue weighted by Gasteiger charge is -2.11. The van der Waals surface area contributed by atoms with Crippen LogP contribution in [0.25, 0.3) is 0 Å². The summed E-state index contributed by atoms with van der Waals surface area (Å²) in [6, 6.07) is 8.22. The van der Waals surface area contributed by atoms with E-state index in [1.165, 1.54) is 5.56 Å². The molecule has 0 aliphatic rings. The van der Waals surface area contributed by atoms with Gasteiger partial charge in [0.15, 0.2) is 5.96 Å². The minimum absolute atomic E-state index is 0. The molecular formula is C15H26IN3O. The van der Waals surface area contributed by atoms with Crippen molar-refractivity contribution < 1.29 is 4.74 Å². The van der Waals surface area contributed by atoms with Crippen molar-refractivity contribution in [2.45, 2.75) is 26.2 Å². The average molecular weight is 391 g/mol. The molecule has 1 aromatic rings. The summed E-state index contributed by atoms with van der Waals surface area (Å²) >= 11 is 0. The molecule has 0 spiro atoms. The molecule has 0 aliphatic carbocycles. The fraction of sp³-hybridized carbons (Fsp3) is 0.533. The average Bonchev–Trinajstić information content (AvgIpc) is 2.47. The quantitative estimate of drug-likeness (QED) is 0.325. The molecule has 0 atom stereocenters. The highest BCUT2D eigenvalue weighted by molar-refractivity contribution is 14.0. The van der Waals surface area contributed by atoms with E-state index in [2.05, 4.69) is 34.7 Å². The number of guanidine groups is 1. The van der Waals surface area contributed by atoms with Crippen LogP contribution in [0, 0.1) is 0 Å². The van der Waals surface area contributed by atoms with Gasteiger partial charge in [0.25, 0.3) is 0 Å². The summed E-state index contributed by atoms with van der Waals surface area (Å²) in [5.41, 5.74) is 1.30. The topological polar surface area (TPSA) is 45.7 Å². The molecule has 0 fully saturated rings. The van der Waals surface area contributed by atoms with E-state index in [4.69, 9.17) is 4.74 Å². The van der Waals surface area contributed by atoms with Crippen LogP contribution < -0.4 is 15.4 Å². The summed E-state index contributed by atoms with van der Waals surface area (Å²) in [7, 11) is 3.50. The predicted molar refractivity (Wildman–Crippen MR) is 96.4 cm³/mol. The minimum Gasteiger partial charge on any atom is -0.497 e. The zero-order valence-corrected chi connectivity index (χ0v) is 14.9. The van der Waals surface area contributed by atoms with Crippen LogP contribution in [0.1, 0.15) is 25.3 Å². The zero-order valence-electron chi connectivity index (χ0n) is 12.6. The number of hydrogen-bond acceptors (Lipinski definition) is 2. The van der Waals surface area contributed by atoms with Crippen molar-refractivity contribution in [3.05, 3.63) is 29.8 Å². The van der Waals surface area contributed by atoms with E-state index in [1.54, 1.807) is 14.2 Å². The molecule has 0 aromatic heterocycles. The summed E-state index contributed by atoms with van der Waals surface area (Å²) in [5.74, 6) is 1.80. The second-order valence-electron chi connectivity index (χ2n) is 4.38. The smallest absolute Gasteiger partial charge is 0.190 e. The molecule has 1 aromatic carbocycles. The van der Waals surface area contributed by atoms with Crippen molar-refractivity contribution in [3.8, 4) is 5.75 Å². The summed E-state index contributed by atoms with van der Waals surface area (Å²) in [6.07, 6.45) is 3.21. The van der Waals surface area contributed by atoms with Crippen molar-refractivity contribution in [2.24, 2.45) is 4.99 Å². The van der Waals surface area contributed by atoms with Crippen molar-refractivity contribution in [2.75, 3.05) is 27.2 Å². The molecule has 0 amide bonds. The van der Waals surface area contributed by atoms with Gasteiger partial charge in [-0.15, -0.1) is 24.0 Å². The maximum absolute atomic E-state index is 5.22. The molecule has 4 nitrogen and oxygen atoms in total. The first-order valence-electron chi connectivity index (χ1n) is 6.87. The highest BCUT2D eigenvalue weighted by Crippen LogP contribution is 2.13. The van der Waals surface area contributed by atoms with Gasteiger partial charge in [-0.05, 0) is 37.0 Å². The fourth-order valence-electron chi connectivity index (χ4n) is 1.79. The lowest BCUT2D eigenvalue weighted by Crippen LogP contribution is -2.38. The van der Waals surface area contributed by atoms with Crippen LogP contribution in [-0.4, -0.2) is 33.2 Å². The second-order valence-corrected chi connectivity index (χ2v) is 4.38. The number of nitrogens with one attached hydrogen (secondary N) is 2. The van der Waals surface area contributed by atoms with E-state index >= 15 is 0 Å². The number of ether oxygens (including phenoxy) is 1. The molecule has 5 heteroatoms. The number of rotatable bonds is 7. The van der Waals surface area contributed by atoms with Gasteiger partial charge in [-0.25, -0.2) is 0 Å². The van der Waals surface area contributed by atoms with Gasteiger partial charge in [0.1, 0.15) is 5.75 Å². The maximum atomic E-state index is 5.22. The Morgan fingerprint density at radius 2 is 2.00 bits per heavy atom.